The fourth-order valence-electron chi connectivity index (χ4n) is 9.11. The first-order valence-electron chi connectivity index (χ1n) is 19.9. The minimum Gasteiger partial charge on any atom is -0.483 e. The van der Waals surface area contributed by atoms with Crippen LogP contribution in [0.3, 0.4) is 0 Å². The molecule has 0 bridgehead atoms. The number of aryl methyl sites for hydroxylation is 2. The fraction of sp³-hybridized carbons (Fsp3) is 0.625. The Hall–Kier alpha value is -4.34. The van der Waals surface area contributed by atoms with Crippen LogP contribution in [0.5, 0.6) is 5.75 Å². The molecule has 4 heterocycles. The summed E-state index contributed by atoms with van der Waals surface area (Å²) >= 11 is 0. The van der Waals surface area contributed by atoms with E-state index in [4.69, 9.17) is 4.74 Å². The summed E-state index contributed by atoms with van der Waals surface area (Å²) in [6.45, 7) is 3.37. The van der Waals surface area contributed by atoms with Gasteiger partial charge in [0, 0.05) is 35.9 Å². The summed E-state index contributed by atoms with van der Waals surface area (Å²) in [7, 11) is -4.04. The van der Waals surface area contributed by atoms with Gasteiger partial charge < -0.3 is 20.1 Å². The van der Waals surface area contributed by atoms with Crippen molar-refractivity contribution < 1.29 is 46.2 Å². The summed E-state index contributed by atoms with van der Waals surface area (Å²) in [5.74, 6) is -4.10. The maximum atomic E-state index is 15.0. The van der Waals surface area contributed by atoms with Crippen LogP contribution in [-0.4, -0.2) is 93.2 Å². The highest BCUT2D eigenvalue weighted by Crippen LogP contribution is 2.49. The molecule has 3 N–H and O–H groups in total. The Balaban J connectivity index is 1.16. The largest absolute Gasteiger partial charge is 0.483 e. The second kappa shape index (κ2) is 13.9. The number of benzene rings is 1. The molecule has 6 aliphatic rings. The second-order valence-corrected chi connectivity index (χ2v) is 19.4. The Morgan fingerprint density at radius 1 is 1.07 bits per heavy atom. The molecule has 1 saturated heterocycles. The molecule has 4 amide bonds. The first-order chi connectivity index (χ1) is 26.6. The van der Waals surface area contributed by atoms with E-state index in [1.165, 1.54) is 9.80 Å². The van der Waals surface area contributed by atoms with E-state index in [9.17, 15) is 41.5 Å². The smallest absolute Gasteiger partial charge is 0.407 e. The lowest BCUT2D eigenvalue weighted by atomic mass is 9.84. The van der Waals surface area contributed by atoms with Crippen LogP contribution >= 0.6 is 0 Å². The average molecular weight is 798 g/mol. The summed E-state index contributed by atoms with van der Waals surface area (Å²) in [5, 5.41) is 13.8. The monoisotopic (exact) mass is 797 g/mol. The number of rotatable bonds is 6. The van der Waals surface area contributed by atoms with Crippen LogP contribution in [0.4, 0.5) is 13.6 Å². The van der Waals surface area contributed by atoms with Crippen molar-refractivity contribution >= 4 is 44.7 Å². The molecule has 3 aliphatic carbocycles. The molecule has 302 valence electrons. The molecule has 0 unspecified atom stereocenters. The fourth-order valence-corrected chi connectivity index (χ4v) is 10.4. The van der Waals surface area contributed by atoms with Crippen molar-refractivity contribution in [2.24, 2.45) is 11.8 Å². The average Bonchev–Trinajstić information content (AvgIpc) is 4.01. The molecule has 5 atom stereocenters. The first kappa shape index (κ1) is 38.5. The molecule has 16 heteroatoms. The molecule has 1 spiro atoms. The lowest BCUT2D eigenvalue weighted by Crippen LogP contribution is -2.59. The molecule has 3 saturated carbocycles. The Bertz CT molecular complexity index is 2140. The van der Waals surface area contributed by atoms with E-state index in [-0.39, 0.29) is 50.2 Å². The molecule has 0 radical (unpaired) electrons. The molecular formula is C40H49F2N5O8S. The van der Waals surface area contributed by atoms with Crippen LogP contribution in [0.15, 0.2) is 24.3 Å². The third kappa shape index (κ3) is 6.78. The molecule has 1 aromatic heterocycles. The van der Waals surface area contributed by atoms with Crippen molar-refractivity contribution in [1.29, 1.82) is 0 Å². The van der Waals surface area contributed by atoms with Gasteiger partial charge in [0.1, 0.15) is 29.0 Å². The Morgan fingerprint density at radius 3 is 2.52 bits per heavy atom. The Labute approximate surface area is 324 Å². The SMILES string of the molecule is Cc1nc2cc(F)c(F)cc2c2c1O[C@]1(CC2)C[C@H]2C(=O)N[C@]3(C(=O)NS(=O)(=O)C4(C)CC4)C[C@H]3/C=C\CCCCC[C@H](N(CC3CCC3)C(=O)O)C(=O)N2C1. The van der Waals surface area contributed by atoms with Crippen LogP contribution in [0, 0.1) is 30.4 Å². The number of aromatic nitrogens is 1. The van der Waals surface area contributed by atoms with Crippen molar-refractivity contribution in [2.75, 3.05) is 13.1 Å². The summed E-state index contributed by atoms with van der Waals surface area (Å²) in [6.07, 6.45) is 9.80. The molecule has 13 nitrogen and oxygen atoms in total. The van der Waals surface area contributed by atoms with E-state index in [0.717, 1.165) is 37.8 Å². The van der Waals surface area contributed by atoms with Gasteiger partial charge in [-0.25, -0.2) is 27.0 Å². The molecule has 56 heavy (non-hydrogen) atoms. The molecule has 2 aromatic rings. The number of halogens is 2. The van der Waals surface area contributed by atoms with Gasteiger partial charge in [-0.15, -0.1) is 0 Å². The number of pyridine rings is 1. The standard InChI is InChI=1S/C40H49F2N5O8S/c1-23-33-26(27-17-28(41)29(42)18-30(27)43-23)13-14-39(55-33)20-32-34(48)44-40(36(50)45-56(53,54)38(2)15-16-38)19-25(40)11-6-4-3-5-7-12-31(35(49)47(32)22-39)46(37(51)52)21-24-9-8-10-24/h6,11,17-18,24-25,31-32H,3-5,7-10,12-16,19-22H2,1-2H3,(H,44,48)(H,45,50)(H,51,52)/b11-6-/t25-,31+,32+,39-,40-/m1/s1. The van der Waals surface area contributed by atoms with E-state index >= 15 is 0 Å². The van der Waals surface area contributed by atoms with Crippen LogP contribution in [-0.2, 0) is 30.8 Å². The summed E-state index contributed by atoms with van der Waals surface area (Å²) in [5.41, 5.74) is -1.41. The number of nitrogens with zero attached hydrogens (tertiary/aromatic N) is 3. The van der Waals surface area contributed by atoms with Crippen LogP contribution in [0.25, 0.3) is 10.9 Å². The molecular weight excluding hydrogens is 749 g/mol. The number of sulfonamides is 1. The number of allylic oxidation sites excluding steroid dienone is 1. The van der Waals surface area contributed by atoms with Gasteiger partial charge in [-0.3, -0.25) is 24.0 Å². The normalized spacial score (nSPS) is 30.7. The second-order valence-electron chi connectivity index (χ2n) is 17.2. The lowest BCUT2D eigenvalue weighted by Gasteiger charge is -2.38. The highest BCUT2D eigenvalue weighted by Gasteiger charge is 2.64. The summed E-state index contributed by atoms with van der Waals surface area (Å²) in [4.78, 5) is 63.6. The van der Waals surface area contributed by atoms with Gasteiger partial charge in [-0.05, 0) is 90.0 Å². The van der Waals surface area contributed by atoms with E-state index in [1.54, 1.807) is 13.8 Å². The van der Waals surface area contributed by atoms with Gasteiger partial charge in [0.2, 0.25) is 21.8 Å². The molecule has 4 fully saturated rings. The number of nitrogens with one attached hydrogen (secondary N) is 2. The third-order valence-corrected chi connectivity index (χ3v) is 15.4. The predicted octanol–water partition coefficient (Wildman–Crippen LogP) is 5.03. The van der Waals surface area contributed by atoms with Crippen molar-refractivity contribution in [1.82, 2.24) is 24.8 Å². The molecule has 3 aliphatic heterocycles. The zero-order valence-electron chi connectivity index (χ0n) is 31.7. The minimum absolute atomic E-state index is 0.0176. The minimum atomic E-state index is -4.04. The van der Waals surface area contributed by atoms with E-state index in [0.29, 0.717) is 60.9 Å². The topological polar surface area (TPSA) is 175 Å². The van der Waals surface area contributed by atoms with Gasteiger partial charge in [0.15, 0.2) is 11.6 Å². The third-order valence-electron chi connectivity index (χ3n) is 13.3. The number of carboxylic acid groups (broad SMARTS) is 1. The Kier molecular flexibility index (Phi) is 9.59. The highest BCUT2D eigenvalue weighted by atomic mass is 32.2. The van der Waals surface area contributed by atoms with E-state index in [1.807, 2.05) is 12.2 Å². The number of fused-ring (bicyclic) bond motifs is 5. The first-order valence-corrected chi connectivity index (χ1v) is 21.4. The number of ether oxygens (including phenoxy) is 1. The van der Waals surface area contributed by atoms with Gasteiger partial charge in [0.25, 0.3) is 5.91 Å². The number of carbonyl (C=O) groups is 4. The molecule has 8 rings (SSSR count). The zero-order valence-corrected chi connectivity index (χ0v) is 32.6. The number of carbonyl (C=O) groups excluding carboxylic acids is 3. The van der Waals surface area contributed by atoms with Gasteiger partial charge in [0.05, 0.1) is 22.5 Å². The van der Waals surface area contributed by atoms with Crippen LogP contribution < -0.4 is 14.8 Å². The number of hydrogen-bond acceptors (Lipinski definition) is 8. The van der Waals surface area contributed by atoms with Crippen molar-refractivity contribution in [2.45, 2.75) is 132 Å². The van der Waals surface area contributed by atoms with E-state index in [2.05, 4.69) is 15.0 Å². The highest BCUT2D eigenvalue weighted by molar-refractivity contribution is 7.91. The van der Waals surface area contributed by atoms with E-state index < -0.39 is 79.4 Å². The van der Waals surface area contributed by atoms with Crippen LogP contribution in [0.2, 0.25) is 0 Å². The van der Waals surface area contributed by atoms with Crippen LogP contribution in [0.1, 0.15) is 102 Å². The maximum Gasteiger partial charge on any atom is 0.407 e. The van der Waals surface area contributed by atoms with Crippen molar-refractivity contribution in [3.63, 3.8) is 0 Å². The predicted molar refractivity (Wildman–Crippen MR) is 200 cm³/mol. The van der Waals surface area contributed by atoms with Gasteiger partial charge >= 0.3 is 6.09 Å². The lowest BCUT2D eigenvalue weighted by molar-refractivity contribution is -0.143. The summed E-state index contributed by atoms with van der Waals surface area (Å²) in [6, 6.07) is -0.146. The number of amides is 4. The van der Waals surface area contributed by atoms with Gasteiger partial charge in [-0.2, -0.15) is 0 Å². The Morgan fingerprint density at radius 2 is 1.82 bits per heavy atom. The maximum absolute atomic E-state index is 15.0. The molecule has 1 aromatic carbocycles. The van der Waals surface area contributed by atoms with Crippen molar-refractivity contribution in [3.05, 3.63) is 47.2 Å². The summed E-state index contributed by atoms with van der Waals surface area (Å²) < 4.78 is 63.0. The van der Waals surface area contributed by atoms with Crippen molar-refractivity contribution in [3.8, 4) is 5.75 Å². The zero-order chi connectivity index (χ0) is 39.8. The number of hydrogen-bond donors (Lipinski definition) is 3. The van der Waals surface area contributed by atoms with Gasteiger partial charge in [-0.1, -0.05) is 31.4 Å². The quantitative estimate of drug-likeness (QED) is 0.339.